The summed E-state index contributed by atoms with van der Waals surface area (Å²) in [5, 5.41) is 6.49. The molecule has 1 N–H and O–H groups in total. The van der Waals surface area contributed by atoms with Crippen LogP contribution in [0.5, 0.6) is 0 Å². The summed E-state index contributed by atoms with van der Waals surface area (Å²) >= 11 is 0. The normalized spacial score (nSPS) is 14.8. The van der Waals surface area contributed by atoms with Crippen LogP contribution in [-0.2, 0) is 6.18 Å². The summed E-state index contributed by atoms with van der Waals surface area (Å²) in [5.41, 5.74) is -0.121. The number of anilines is 1. The molecule has 1 fully saturated rings. The molecule has 0 aliphatic heterocycles. The zero-order chi connectivity index (χ0) is 16.6. The number of benzene rings is 1. The molecule has 0 radical (unpaired) electrons. The van der Waals surface area contributed by atoms with Gasteiger partial charge >= 0.3 is 6.18 Å². The van der Waals surface area contributed by atoms with Gasteiger partial charge in [0.1, 0.15) is 0 Å². The molecule has 2 aromatic rings. The number of hydrogen-bond donors (Lipinski definition) is 1. The Kier molecular flexibility index (Phi) is 3.87. The molecule has 0 amide bonds. The molecule has 0 bridgehead atoms. The van der Waals surface area contributed by atoms with Crippen molar-refractivity contribution in [1.82, 2.24) is 5.16 Å². The van der Waals surface area contributed by atoms with E-state index in [0.29, 0.717) is 17.9 Å². The van der Waals surface area contributed by atoms with Crippen molar-refractivity contribution < 1.29 is 22.5 Å². The Bertz CT molecular complexity index is 733. The van der Waals surface area contributed by atoms with Gasteiger partial charge in [-0.15, -0.1) is 0 Å². The predicted molar refractivity (Wildman–Crippen MR) is 77.5 cm³/mol. The van der Waals surface area contributed by atoms with Crippen molar-refractivity contribution in [2.75, 3.05) is 11.9 Å². The number of carbonyl (C=O) groups excluding carboxylic acids is 1. The van der Waals surface area contributed by atoms with E-state index in [4.69, 9.17) is 4.52 Å². The van der Waals surface area contributed by atoms with Crippen molar-refractivity contribution in [2.45, 2.75) is 31.9 Å². The highest BCUT2D eigenvalue weighted by molar-refractivity contribution is 6.12. The van der Waals surface area contributed by atoms with Gasteiger partial charge in [0, 0.05) is 23.7 Å². The minimum absolute atomic E-state index is 0.162. The van der Waals surface area contributed by atoms with E-state index in [2.05, 4.69) is 10.5 Å². The SMILES string of the molecule is CCNc1cc(C(F)(F)F)ccc1C(=O)c1cnoc1C1CC1. The van der Waals surface area contributed by atoms with E-state index in [1.165, 1.54) is 12.3 Å². The van der Waals surface area contributed by atoms with Crippen molar-refractivity contribution in [3.8, 4) is 0 Å². The number of nitrogens with one attached hydrogen (secondary N) is 1. The van der Waals surface area contributed by atoms with Crippen molar-refractivity contribution in [3.05, 3.63) is 46.8 Å². The molecule has 4 nitrogen and oxygen atoms in total. The quantitative estimate of drug-likeness (QED) is 0.836. The summed E-state index contributed by atoms with van der Waals surface area (Å²) in [4.78, 5) is 12.7. The van der Waals surface area contributed by atoms with Gasteiger partial charge in [0.2, 0.25) is 0 Å². The lowest BCUT2D eigenvalue weighted by Gasteiger charge is -2.13. The number of carbonyl (C=O) groups is 1. The maximum Gasteiger partial charge on any atom is 0.416 e. The summed E-state index contributed by atoms with van der Waals surface area (Å²) < 4.78 is 43.7. The molecule has 0 unspecified atom stereocenters. The minimum atomic E-state index is -4.46. The van der Waals surface area contributed by atoms with Crippen LogP contribution in [0.4, 0.5) is 18.9 Å². The fraction of sp³-hybridized carbons (Fsp3) is 0.375. The minimum Gasteiger partial charge on any atom is -0.385 e. The van der Waals surface area contributed by atoms with Gasteiger partial charge in [0.15, 0.2) is 11.5 Å². The molecule has 1 aliphatic rings. The molecule has 0 saturated heterocycles. The fourth-order valence-electron chi connectivity index (χ4n) is 2.46. The van der Waals surface area contributed by atoms with Gasteiger partial charge in [-0.1, -0.05) is 5.16 Å². The second-order valence-electron chi connectivity index (χ2n) is 5.50. The van der Waals surface area contributed by atoms with Crippen molar-refractivity contribution in [2.24, 2.45) is 0 Å². The highest BCUT2D eigenvalue weighted by Gasteiger charge is 2.34. The maximum absolute atomic E-state index is 12.9. The second-order valence-corrected chi connectivity index (χ2v) is 5.50. The summed E-state index contributed by atoms with van der Waals surface area (Å²) in [5.74, 6) is 0.337. The second kappa shape index (κ2) is 5.72. The zero-order valence-electron chi connectivity index (χ0n) is 12.4. The lowest BCUT2D eigenvalue weighted by Crippen LogP contribution is -2.12. The number of ketones is 1. The van der Waals surface area contributed by atoms with Gasteiger partial charge in [-0.2, -0.15) is 13.2 Å². The van der Waals surface area contributed by atoms with E-state index < -0.39 is 11.7 Å². The molecular formula is C16H15F3N2O2. The molecule has 1 heterocycles. The van der Waals surface area contributed by atoms with E-state index in [-0.39, 0.29) is 23.0 Å². The molecule has 0 spiro atoms. The van der Waals surface area contributed by atoms with Crippen LogP contribution in [0.3, 0.4) is 0 Å². The molecule has 1 aromatic carbocycles. The first-order valence-corrected chi connectivity index (χ1v) is 7.36. The van der Waals surface area contributed by atoms with Gasteiger partial charge in [0.25, 0.3) is 0 Å². The first-order chi connectivity index (χ1) is 10.9. The molecule has 1 saturated carbocycles. The monoisotopic (exact) mass is 324 g/mol. The van der Waals surface area contributed by atoms with Crippen molar-refractivity contribution in [1.29, 1.82) is 0 Å². The standard InChI is InChI=1S/C16H15F3N2O2/c1-2-20-13-7-10(16(17,18)19)5-6-11(13)14(22)12-8-21-23-15(12)9-3-4-9/h5-9,20H,2-4H2,1H3. The van der Waals surface area contributed by atoms with E-state index in [1.807, 2.05) is 0 Å². The van der Waals surface area contributed by atoms with Crippen LogP contribution < -0.4 is 5.32 Å². The Labute approximate surface area is 130 Å². The smallest absolute Gasteiger partial charge is 0.385 e. The van der Waals surface area contributed by atoms with E-state index >= 15 is 0 Å². The summed E-state index contributed by atoms with van der Waals surface area (Å²) in [6.07, 6.45) is -1.25. The molecule has 23 heavy (non-hydrogen) atoms. The Morgan fingerprint density at radius 2 is 2.09 bits per heavy atom. The van der Waals surface area contributed by atoms with Gasteiger partial charge < -0.3 is 9.84 Å². The number of hydrogen-bond acceptors (Lipinski definition) is 4. The fourth-order valence-corrected chi connectivity index (χ4v) is 2.46. The van der Waals surface area contributed by atoms with Crippen LogP contribution in [0.1, 0.15) is 52.9 Å². The highest BCUT2D eigenvalue weighted by atomic mass is 19.4. The van der Waals surface area contributed by atoms with Gasteiger partial charge in [-0.05, 0) is 38.0 Å². The third-order valence-corrected chi connectivity index (χ3v) is 3.75. The van der Waals surface area contributed by atoms with Crippen LogP contribution in [-0.4, -0.2) is 17.5 Å². The maximum atomic E-state index is 12.9. The molecule has 122 valence electrons. The lowest BCUT2D eigenvalue weighted by atomic mass is 9.99. The number of halogens is 3. The number of rotatable bonds is 5. The lowest BCUT2D eigenvalue weighted by molar-refractivity contribution is -0.137. The van der Waals surface area contributed by atoms with Crippen LogP contribution in [0, 0.1) is 0 Å². The Hall–Kier alpha value is -2.31. The van der Waals surface area contributed by atoms with Gasteiger partial charge in [-0.25, -0.2) is 0 Å². The average molecular weight is 324 g/mol. The van der Waals surface area contributed by atoms with Crippen molar-refractivity contribution >= 4 is 11.5 Å². The first-order valence-electron chi connectivity index (χ1n) is 7.36. The third-order valence-electron chi connectivity index (χ3n) is 3.75. The molecule has 1 aromatic heterocycles. The Morgan fingerprint density at radius 1 is 1.35 bits per heavy atom. The topological polar surface area (TPSA) is 55.1 Å². The highest BCUT2D eigenvalue weighted by Crippen LogP contribution is 2.42. The number of nitrogens with zero attached hydrogens (tertiary/aromatic N) is 1. The predicted octanol–water partition coefficient (Wildman–Crippen LogP) is 4.23. The van der Waals surface area contributed by atoms with E-state index in [9.17, 15) is 18.0 Å². The van der Waals surface area contributed by atoms with Crippen molar-refractivity contribution in [3.63, 3.8) is 0 Å². The Morgan fingerprint density at radius 3 is 2.70 bits per heavy atom. The Balaban J connectivity index is 2.00. The van der Waals surface area contributed by atoms with Crippen LogP contribution in [0.2, 0.25) is 0 Å². The summed E-state index contributed by atoms with van der Waals surface area (Å²) in [6.45, 7) is 2.16. The van der Waals surface area contributed by atoms with Gasteiger partial charge in [-0.3, -0.25) is 4.79 Å². The largest absolute Gasteiger partial charge is 0.416 e. The van der Waals surface area contributed by atoms with Gasteiger partial charge in [0.05, 0.1) is 17.3 Å². The van der Waals surface area contributed by atoms with Crippen LogP contribution in [0.25, 0.3) is 0 Å². The van der Waals surface area contributed by atoms with Crippen LogP contribution >= 0.6 is 0 Å². The molecule has 3 rings (SSSR count). The zero-order valence-corrected chi connectivity index (χ0v) is 12.4. The number of alkyl halides is 3. The summed E-state index contributed by atoms with van der Waals surface area (Å²) in [7, 11) is 0. The molecular weight excluding hydrogens is 309 g/mol. The van der Waals surface area contributed by atoms with Crippen LogP contribution in [0.15, 0.2) is 28.9 Å². The number of aromatic nitrogens is 1. The summed E-state index contributed by atoms with van der Waals surface area (Å²) in [6, 6.07) is 3.08. The molecule has 1 aliphatic carbocycles. The van der Waals surface area contributed by atoms with E-state index in [0.717, 1.165) is 25.0 Å². The third kappa shape index (κ3) is 3.09. The van der Waals surface area contributed by atoms with E-state index in [1.54, 1.807) is 6.92 Å². The molecule has 0 atom stereocenters. The average Bonchev–Trinajstić information content (AvgIpc) is 3.23. The first kappa shape index (κ1) is 15.6. The molecule has 7 heteroatoms.